The minimum atomic E-state index is -0.0835. The van der Waals surface area contributed by atoms with Crippen LogP contribution in [0.4, 0.5) is 0 Å². The molecule has 0 aromatic heterocycles. The summed E-state index contributed by atoms with van der Waals surface area (Å²) >= 11 is 0. The molecule has 1 unspecified atom stereocenters. The molecule has 0 heterocycles. The summed E-state index contributed by atoms with van der Waals surface area (Å²) in [7, 11) is 0. The largest absolute Gasteiger partial charge is 0.393 e. The summed E-state index contributed by atoms with van der Waals surface area (Å²) in [5, 5.41) is 10.3. The SMILES string of the molecule is CC1(C)CCC(C(O)CCCc2ccccc2)CC1. The zero-order valence-corrected chi connectivity index (χ0v) is 12.4. The van der Waals surface area contributed by atoms with Gasteiger partial charge in [0.1, 0.15) is 0 Å². The van der Waals surface area contributed by atoms with E-state index in [9.17, 15) is 5.11 Å². The molecule has 1 nitrogen and oxygen atoms in total. The maximum atomic E-state index is 10.3. The molecule has 0 spiro atoms. The Morgan fingerprint density at radius 3 is 2.42 bits per heavy atom. The van der Waals surface area contributed by atoms with Gasteiger partial charge in [0.05, 0.1) is 6.10 Å². The second kappa shape index (κ2) is 6.56. The third-order valence-corrected chi connectivity index (χ3v) is 4.74. The van der Waals surface area contributed by atoms with Gasteiger partial charge in [0, 0.05) is 0 Å². The first kappa shape index (κ1) is 14.6. The number of aliphatic hydroxyl groups is 1. The number of benzene rings is 1. The Balaban J connectivity index is 1.69. The van der Waals surface area contributed by atoms with Crippen LogP contribution in [-0.4, -0.2) is 11.2 Å². The van der Waals surface area contributed by atoms with Crippen molar-refractivity contribution in [2.45, 2.75) is 64.9 Å². The topological polar surface area (TPSA) is 20.2 Å². The minimum Gasteiger partial charge on any atom is -0.393 e. The van der Waals surface area contributed by atoms with Crippen LogP contribution in [0.1, 0.15) is 57.9 Å². The van der Waals surface area contributed by atoms with E-state index >= 15 is 0 Å². The Kier molecular flexibility index (Phi) is 5.04. The van der Waals surface area contributed by atoms with Gasteiger partial charge in [-0.2, -0.15) is 0 Å². The van der Waals surface area contributed by atoms with Gasteiger partial charge in [-0.15, -0.1) is 0 Å². The van der Waals surface area contributed by atoms with E-state index < -0.39 is 0 Å². The predicted octanol–water partition coefficient (Wildman–Crippen LogP) is 4.59. The highest BCUT2D eigenvalue weighted by molar-refractivity contribution is 5.14. The van der Waals surface area contributed by atoms with E-state index in [-0.39, 0.29) is 6.10 Å². The lowest BCUT2D eigenvalue weighted by atomic mass is 9.71. The lowest BCUT2D eigenvalue weighted by molar-refractivity contribution is 0.0503. The molecule has 1 saturated carbocycles. The fourth-order valence-corrected chi connectivity index (χ4v) is 3.20. The summed E-state index contributed by atoms with van der Waals surface area (Å²) < 4.78 is 0. The molecular weight excluding hydrogens is 232 g/mol. The van der Waals surface area contributed by atoms with Gasteiger partial charge < -0.3 is 5.11 Å². The molecule has 1 heteroatoms. The van der Waals surface area contributed by atoms with Crippen molar-refractivity contribution in [2.24, 2.45) is 11.3 Å². The molecular formula is C18H28O. The number of aryl methyl sites for hydroxylation is 1. The van der Waals surface area contributed by atoms with E-state index in [0.717, 1.165) is 19.3 Å². The lowest BCUT2D eigenvalue weighted by Gasteiger charge is -2.36. The zero-order valence-electron chi connectivity index (χ0n) is 12.4. The highest BCUT2D eigenvalue weighted by Gasteiger charge is 2.30. The normalized spacial score (nSPS) is 21.2. The zero-order chi connectivity index (χ0) is 13.7. The van der Waals surface area contributed by atoms with E-state index in [4.69, 9.17) is 0 Å². The highest BCUT2D eigenvalue weighted by Crippen LogP contribution is 2.39. The van der Waals surface area contributed by atoms with Gasteiger partial charge in [0.15, 0.2) is 0 Å². The number of rotatable bonds is 5. The van der Waals surface area contributed by atoms with Crippen LogP contribution in [0.15, 0.2) is 30.3 Å². The smallest absolute Gasteiger partial charge is 0.0568 e. The van der Waals surface area contributed by atoms with Crippen molar-refractivity contribution in [3.05, 3.63) is 35.9 Å². The summed E-state index contributed by atoms with van der Waals surface area (Å²) in [5.41, 5.74) is 1.89. The second-order valence-electron chi connectivity index (χ2n) is 6.95. The Hall–Kier alpha value is -0.820. The highest BCUT2D eigenvalue weighted by atomic mass is 16.3. The fourth-order valence-electron chi connectivity index (χ4n) is 3.20. The molecule has 0 bridgehead atoms. The van der Waals surface area contributed by atoms with Crippen molar-refractivity contribution >= 4 is 0 Å². The van der Waals surface area contributed by atoms with Gasteiger partial charge in [-0.05, 0) is 61.8 Å². The van der Waals surface area contributed by atoms with Gasteiger partial charge in [0.2, 0.25) is 0 Å². The summed E-state index contributed by atoms with van der Waals surface area (Å²) in [6.07, 6.45) is 8.03. The van der Waals surface area contributed by atoms with E-state index in [1.807, 2.05) is 0 Å². The molecule has 2 rings (SSSR count). The van der Waals surface area contributed by atoms with Gasteiger partial charge in [-0.3, -0.25) is 0 Å². The molecule has 1 aromatic rings. The number of aliphatic hydroxyl groups excluding tert-OH is 1. The molecule has 1 N–H and O–H groups in total. The average Bonchev–Trinajstić information content (AvgIpc) is 2.39. The van der Waals surface area contributed by atoms with Gasteiger partial charge in [0.25, 0.3) is 0 Å². The van der Waals surface area contributed by atoms with E-state index in [0.29, 0.717) is 11.3 Å². The summed E-state index contributed by atoms with van der Waals surface area (Å²) in [4.78, 5) is 0. The van der Waals surface area contributed by atoms with Crippen LogP contribution in [0.3, 0.4) is 0 Å². The van der Waals surface area contributed by atoms with Crippen LogP contribution in [0.5, 0.6) is 0 Å². The van der Waals surface area contributed by atoms with E-state index in [1.165, 1.54) is 31.2 Å². The summed E-state index contributed by atoms with van der Waals surface area (Å²) in [6, 6.07) is 10.6. The average molecular weight is 260 g/mol. The molecule has 19 heavy (non-hydrogen) atoms. The van der Waals surface area contributed by atoms with Crippen LogP contribution in [0.25, 0.3) is 0 Å². The third-order valence-electron chi connectivity index (χ3n) is 4.74. The van der Waals surface area contributed by atoms with Crippen molar-refractivity contribution in [2.75, 3.05) is 0 Å². The molecule has 1 atom stereocenters. The van der Waals surface area contributed by atoms with Gasteiger partial charge >= 0.3 is 0 Å². The standard InChI is InChI=1S/C18H28O/c1-18(2)13-11-16(12-14-18)17(19)10-6-9-15-7-4-3-5-8-15/h3-5,7-8,16-17,19H,6,9-14H2,1-2H3. The fraction of sp³-hybridized carbons (Fsp3) is 0.667. The van der Waals surface area contributed by atoms with Crippen LogP contribution in [-0.2, 0) is 6.42 Å². The van der Waals surface area contributed by atoms with Crippen LogP contribution in [0, 0.1) is 11.3 Å². The quantitative estimate of drug-likeness (QED) is 0.821. The molecule has 106 valence electrons. The lowest BCUT2D eigenvalue weighted by Crippen LogP contribution is -2.29. The summed E-state index contributed by atoms with van der Waals surface area (Å²) in [5.74, 6) is 0.545. The van der Waals surface area contributed by atoms with Gasteiger partial charge in [-0.25, -0.2) is 0 Å². The second-order valence-corrected chi connectivity index (χ2v) is 6.95. The first-order valence-electron chi connectivity index (χ1n) is 7.79. The van der Waals surface area contributed by atoms with Crippen molar-refractivity contribution in [3.8, 4) is 0 Å². The van der Waals surface area contributed by atoms with Crippen molar-refractivity contribution in [3.63, 3.8) is 0 Å². The Morgan fingerprint density at radius 1 is 1.16 bits per heavy atom. The molecule has 1 fully saturated rings. The number of hydrogen-bond donors (Lipinski definition) is 1. The molecule has 0 amide bonds. The summed E-state index contributed by atoms with van der Waals surface area (Å²) in [6.45, 7) is 4.70. The molecule has 0 radical (unpaired) electrons. The Bertz CT molecular complexity index is 359. The van der Waals surface area contributed by atoms with Crippen LogP contribution in [0.2, 0.25) is 0 Å². The first-order chi connectivity index (χ1) is 9.07. The molecule has 0 aliphatic heterocycles. The first-order valence-corrected chi connectivity index (χ1v) is 7.79. The molecule has 0 saturated heterocycles. The van der Waals surface area contributed by atoms with Crippen molar-refractivity contribution in [1.82, 2.24) is 0 Å². The minimum absolute atomic E-state index is 0.0835. The van der Waals surface area contributed by atoms with Crippen molar-refractivity contribution in [1.29, 1.82) is 0 Å². The van der Waals surface area contributed by atoms with Gasteiger partial charge in [-0.1, -0.05) is 44.2 Å². The monoisotopic (exact) mass is 260 g/mol. The van der Waals surface area contributed by atoms with Crippen LogP contribution >= 0.6 is 0 Å². The van der Waals surface area contributed by atoms with Crippen molar-refractivity contribution < 1.29 is 5.11 Å². The van der Waals surface area contributed by atoms with E-state index in [2.05, 4.69) is 44.2 Å². The maximum absolute atomic E-state index is 10.3. The van der Waals surface area contributed by atoms with E-state index in [1.54, 1.807) is 0 Å². The Labute approximate surface area is 118 Å². The Morgan fingerprint density at radius 2 is 1.79 bits per heavy atom. The maximum Gasteiger partial charge on any atom is 0.0568 e. The molecule has 1 aliphatic carbocycles. The molecule has 1 aromatic carbocycles. The van der Waals surface area contributed by atoms with Crippen LogP contribution < -0.4 is 0 Å². The molecule has 1 aliphatic rings. The third kappa shape index (κ3) is 4.65. The predicted molar refractivity (Wildman–Crippen MR) is 81.1 cm³/mol. The number of hydrogen-bond acceptors (Lipinski definition) is 1.